The smallest absolute Gasteiger partial charge is 0.122 e. The van der Waals surface area contributed by atoms with Gasteiger partial charge in [0.05, 0.1) is 58.1 Å². The van der Waals surface area contributed by atoms with Crippen molar-refractivity contribution in [3.05, 3.63) is 95.3 Å². The molecule has 7 rings (SSSR count). The molecule has 4 aliphatic heterocycles. The highest BCUT2D eigenvalue weighted by atomic mass is 16.5. The van der Waals surface area contributed by atoms with Crippen LogP contribution >= 0.6 is 0 Å². The number of rotatable bonds is 1. The summed E-state index contributed by atoms with van der Waals surface area (Å²) in [6.45, 7) is 3.23. The summed E-state index contributed by atoms with van der Waals surface area (Å²) in [4.78, 5) is 4.70. The van der Waals surface area contributed by atoms with Gasteiger partial charge in [-0.1, -0.05) is 36.4 Å². The monoisotopic (exact) mass is 517 g/mol. The topological polar surface area (TPSA) is 59.0 Å². The molecule has 4 aliphatic rings. The van der Waals surface area contributed by atoms with Crippen LogP contribution in [-0.2, 0) is 35.9 Å². The number of ether oxygens (including phenoxy) is 5. The molecule has 0 aliphatic carbocycles. The summed E-state index contributed by atoms with van der Waals surface area (Å²) in [6.07, 6.45) is 11.1. The third-order valence-corrected chi connectivity index (χ3v) is 6.26. The van der Waals surface area contributed by atoms with Gasteiger partial charge < -0.3 is 23.7 Å². The molecule has 202 valence electrons. The van der Waals surface area contributed by atoms with Crippen molar-refractivity contribution in [2.45, 2.75) is 65.0 Å². The van der Waals surface area contributed by atoms with E-state index in [1.807, 2.05) is 60.7 Å². The third kappa shape index (κ3) is 9.84. The Hall–Kier alpha value is -3.35. The maximum atomic E-state index is 5.94. The van der Waals surface area contributed by atoms with Crippen molar-refractivity contribution in [3.8, 4) is 17.2 Å². The molecule has 6 heteroatoms. The van der Waals surface area contributed by atoms with E-state index >= 15 is 0 Å². The van der Waals surface area contributed by atoms with Gasteiger partial charge in [-0.15, -0.1) is 0 Å². The van der Waals surface area contributed by atoms with E-state index in [0.717, 1.165) is 91.5 Å². The first-order chi connectivity index (χ1) is 18.8. The SMILES string of the molecule is COc1cc2nc(c1)COCc1ccc(cc1)OCCCC/C=C/CCCCOc1ccc(cc1)COC2. The lowest BCUT2D eigenvalue weighted by molar-refractivity contribution is 0.0977. The lowest BCUT2D eigenvalue weighted by Crippen LogP contribution is -2.03. The quantitative estimate of drug-likeness (QED) is 0.318. The number of aromatic nitrogens is 1. The molecule has 0 saturated heterocycles. The molecule has 38 heavy (non-hydrogen) atoms. The van der Waals surface area contributed by atoms with E-state index in [9.17, 15) is 0 Å². The Morgan fingerprint density at radius 2 is 1.08 bits per heavy atom. The lowest BCUT2D eigenvalue weighted by Gasteiger charge is -2.11. The zero-order valence-electron chi connectivity index (χ0n) is 22.4. The summed E-state index contributed by atoms with van der Waals surface area (Å²) in [5.41, 5.74) is 3.80. The van der Waals surface area contributed by atoms with Crippen molar-refractivity contribution in [1.29, 1.82) is 0 Å². The van der Waals surface area contributed by atoms with E-state index in [1.54, 1.807) is 7.11 Å². The number of benzene rings is 2. The predicted octanol–water partition coefficient (Wildman–Crippen LogP) is 7.19. The Morgan fingerprint density at radius 1 is 0.605 bits per heavy atom. The summed E-state index contributed by atoms with van der Waals surface area (Å²) in [5.74, 6) is 2.53. The second-order valence-electron chi connectivity index (χ2n) is 9.42. The van der Waals surface area contributed by atoms with Crippen LogP contribution in [-0.4, -0.2) is 25.3 Å². The first kappa shape index (κ1) is 27.7. The molecule has 0 atom stereocenters. The summed E-state index contributed by atoms with van der Waals surface area (Å²) in [5, 5.41) is 0. The van der Waals surface area contributed by atoms with E-state index < -0.39 is 0 Å². The number of pyridine rings is 1. The molecule has 0 saturated carbocycles. The van der Waals surface area contributed by atoms with Crippen LogP contribution < -0.4 is 14.2 Å². The normalized spacial score (nSPS) is 17.3. The second kappa shape index (κ2) is 15.8. The maximum Gasteiger partial charge on any atom is 0.122 e. The fraction of sp³-hybridized carbons (Fsp3) is 0.406. The zero-order valence-corrected chi connectivity index (χ0v) is 22.4. The molecule has 0 N–H and O–H groups in total. The lowest BCUT2D eigenvalue weighted by atomic mass is 10.2. The van der Waals surface area contributed by atoms with Gasteiger partial charge >= 0.3 is 0 Å². The molecule has 2 aromatic carbocycles. The van der Waals surface area contributed by atoms with Gasteiger partial charge in [0.1, 0.15) is 17.2 Å². The Bertz CT molecular complexity index is 1030. The average Bonchev–Trinajstić information content (AvgIpc) is 2.94. The van der Waals surface area contributed by atoms with Crippen LogP contribution in [0.2, 0.25) is 0 Å². The van der Waals surface area contributed by atoms with Gasteiger partial charge in [0.25, 0.3) is 0 Å². The van der Waals surface area contributed by atoms with E-state index in [-0.39, 0.29) is 0 Å². The highest BCUT2D eigenvalue weighted by Crippen LogP contribution is 2.19. The van der Waals surface area contributed by atoms with E-state index in [1.165, 1.54) is 0 Å². The molecule has 0 amide bonds. The van der Waals surface area contributed by atoms with E-state index in [2.05, 4.69) is 12.2 Å². The van der Waals surface area contributed by atoms with Crippen LogP contribution in [0.25, 0.3) is 0 Å². The third-order valence-electron chi connectivity index (χ3n) is 6.26. The van der Waals surface area contributed by atoms with E-state index in [0.29, 0.717) is 26.4 Å². The Kier molecular flexibility index (Phi) is 11.5. The van der Waals surface area contributed by atoms with Gasteiger partial charge in [0.2, 0.25) is 0 Å². The van der Waals surface area contributed by atoms with Gasteiger partial charge in [-0.3, -0.25) is 4.98 Å². The molecule has 0 unspecified atom stereocenters. The standard InChI is InChI=1S/C32H39NO5/c1-34-32-20-28-24-35-22-26-10-14-30(15-11-26)37-18-8-6-4-2-3-5-7-9-19-38-31-16-12-27(13-17-31)23-36-25-29(21-32)33-28/h2-3,10-17,20-21H,4-9,18-19,22-25H2,1H3/b3-2+. The van der Waals surface area contributed by atoms with Crippen LogP contribution in [0.5, 0.6) is 17.2 Å². The summed E-state index contributed by atoms with van der Waals surface area (Å²) < 4.78 is 29.1. The maximum absolute atomic E-state index is 5.94. The van der Waals surface area contributed by atoms with Crippen molar-refractivity contribution < 1.29 is 23.7 Å². The van der Waals surface area contributed by atoms with Crippen molar-refractivity contribution in [2.24, 2.45) is 0 Å². The van der Waals surface area contributed by atoms with Gasteiger partial charge in [-0.25, -0.2) is 0 Å². The molecule has 6 bridgehead atoms. The first-order valence-corrected chi connectivity index (χ1v) is 13.6. The minimum absolute atomic E-state index is 0.387. The number of nitrogens with zero attached hydrogens (tertiary/aromatic N) is 1. The molecular weight excluding hydrogens is 478 g/mol. The Labute approximate surface area is 226 Å². The molecule has 1 aromatic heterocycles. The van der Waals surface area contributed by atoms with Crippen molar-refractivity contribution in [1.82, 2.24) is 4.98 Å². The molecule has 0 radical (unpaired) electrons. The van der Waals surface area contributed by atoms with Gasteiger partial charge in [0, 0.05) is 12.1 Å². The largest absolute Gasteiger partial charge is 0.497 e. The first-order valence-electron chi connectivity index (χ1n) is 13.6. The number of methoxy groups -OCH3 is 1. The highest BCUT2D eigenvalue weighted by molar-refractivity contribution is 5.29. The Morgan fingerprint density at radius 3 is 1.53 bits per heavy atom. The molecular formula is C32H39NO5. The fourth-order valence-corrected chi connectivity index (χ4v) is 4.14. The molecule has 5 heterocycles. The molecule has 0 fully saturated rings. The number of hydrogen-bond donors (Lipinski definition) is 0. The molecule has 6 nitrogen and oxygen atoms in total. The minimum Gasteiger partial charge on any atom is -0.497 e. The van der Waals surface area contributed by atoms with Gasteiger partial charge in [0.15, 0.2) is 0 Å². The van der Waals surface area contributed by atoms with Gasteiger partial charge in [-0.05, 0) is 73.9 Å². The van der Waals surface area contributed by atoms with Crippen molar-refractivity contribution in [2.75, 3.05) is 20.3 Å². The average molecular weight is 518 g/mol. The van der Waals surface area contributed by atoms with Crippen molar-refractivity contribution >= 4 is 0 Å². The van der Waals surface area contributed by atoms with Crippen molar-refractivity contribution in [3.63, 3.8) is 0 Å². The number of allylic oxidation sites excluding steroid dienone is 2. The number of hydrogen-bond acceptors (Lipinski definition) is 6. The van der Waals surface area contributed by atoms with Crippen LogP contribution in [0.4, 0.5) is 0 Å². The van der Waals surface area contributed by atoms with E-state index in [4.69, 9.17) is 28.7 Å². The van der Waals surface area contributed by atoms with Crippen LogP contribution in [0.3, 0.4) is 0 Å². The minimum atomic E-state index is 0.387. The summed E-state index contributed by atoms with van der Waals surface area (Å²) in [6, 6.07) is 20.0. The summed E-state index contributed by atoms with van der Waals surface area (Å²) in [7, 11) is 1.66. The van der Waals surface area contributed by atoms with Gasteiger partial charge in [-0.2, -0.15) is 0 Å². The van der Waals surface area contributed by atoms with Crippen LogP contribution in [0, 0.1) is 0 Å². The zero-order chi connectivity index (χ0) is 26.3. The molecule has 0 spiro atoms. The Balaban J connectivity index is 1.36. The highest BCUT2D eigenvalue weighted by Gasteiger charge is 2.06. The summed E-state index contributed by atoms with van der Waals surface area (Å²) >= 11 is 0. The van der Waals surface area contributed by atoms with Crippen LogP contribution in [0.15, 0.2) is 72.8 Å². The second-order valence-corrected chi connectivity index (χ2v) is 9.42. The van der Waals surface area contributed by atoms with Crippen LogP contribution in [0.1, 0.15) is 61.0 Å². The fourth-order valence-electron chi connectivity index (χ4n) is 4.14. The predicted molar refractivity (Wildman–Crippen MR) is 148 cm³/mol. The molecule has 3 aromatic rings.